The van der Waals surface area contributed by atoms with Gasteiger partial charge in [0.2, 0.25) is 0 Å². The summed E-state index contributed by atoms with van der Waals surface area (Å²) >= 11 is 0. The summed E-state index contributed by atoms with van der Waals surface area (Å²) in [5.74, 6) is 5.98. The van der Waals surface area contributed by atoms with E-state index in [-0.39, 0.29) is 11.9 Å². The van der Waals surface area contributed by atoms with E-state index in [1.807, 2.05) is 37.3 Å². The summed E-state index contributed by atoms with van der Waals surface area (Å²) < 4.78 is 19.1. The van der Waals surface area contributed by atoms with Crippen LogP contribution < -0.4 is 11.3 Å². The van der Waals surface area contributed by atoms with Crippen molar-refractivity contribution in [1.29, 1.82) is 0 Å². The van der Waals surface area contributed by atoms with Crippen molar-refractivity contribution in [3.63, 3.8) is 0 Å². The van der Waals surface area contributed by atoms with Crippen LogP contribution in [0.25, 0.3) is 11.0 Å². The Balaban J connectivity index is 2.07. The standard InChI is InChI=1S/C16H15FN2O/c1-10-5-6-14-12(7-10)9-15(20-14)16(19-18)11-3-2-4-13(17)8-11/h2-9,16,19H,18H2,1H3. The van der Waals surface area contributed by atoms with Crippen LogP contribution in [0.4, 0.5) is 4.39 Å². The Kier molecular flexibility index (Phi) is 3.26. The Labute approximate surface area is 116 Å². The zero-order valence-corrected chi connectivity index (χ0v) is 11.1. The van der Waals surface area contributed by atoms with Crippen LogP contribution in [-0.2, 0) is 0 Å². The van der Waals surface area contributed by atoms with Crippen molar-refractivity contribution in [1.82, 2.24) is 5.43 Å². The smallest absolute Gasteiger partial charge is 0.134 e. The first-order valence-electron chi connectivity index (χ1n) is 6.39. The molecule has 3 N–H and O–H groups in total. The number of furan rings is 1. The monoisotopic (exact) mass is 270 g/mol. The van der Waals surface area contributed by atoms with Crippen LogP contribution in [0, 0.1) is 12.7 Å². The van der Waals surface area contributed by atoms with Crippen molar-refractivity contribution < 1.29 is 8.81 Å². The minimum atomic E-state index is -0.376. The second-order valence-electron chi connectivity index (χ2n) is 4.84. The summed E-state index contributed by atoms with van der Waals surface area (Å²) in [6.07, 6.45) is 0. The molecular weight excluding hydrogens is 255 g/mol. The lowest BCUT2D eigenvalue weighted by Crippen LogP contribution is -2.28. The van der Waals surface area contributed by atoms with Gasteiger partial charge in [-0.05, 0) is 42.8 Å². The molecule has 1 atom stereocenters. The van der Waals surface area contributed by atoms with Crippen LogP contribution in [0.3, 0.4) is 0 Å². The molecule has 1 heterocycles. The lowest BCUT2D eigenvalue weighted by atomic mass is 10.0. The molecule has 3 nitrogen and oxygen atoms in total. The number of hydrazine groups is 1. The zero-order valence-electron chi connectivity index (χ0n) is 11.1. The first-order valence-corrected chi connectivity index (χ1v) is 6.39. The predicted octanol–water partition coefficient (Wildman–Crippen LogP) is 3.43. The Morgan fingerprint density at radius 1 is 1.15 bits per heavy atom. The average molecular weight is 270 g/mol. The van der Waals surface area contributed by atoms with Crippen LogP contribution in [0.2, 0.25) is 0 Å². The van der Waals surface area contributed by atoms with E-state index >= 15 is 0 Å². The predicted molar refractivity (Wildman–Crippen MR) is 76.5 cm³/mol. The normalized spacial score (nSPS) is 12.8. The summed E-state index contributed by atoms with van der Waals surface area (Å²) in [5, 5.41) is 1.01. The third-order valence-electron chi connectivity index (χ3n) is 3.32. The van der Waals surface area contributed by atoms with Gasteiger partial charge in [0.1, 0.15) is 23.2 Å². The summed E-state index contributed by atoms with van der Waals surface area (Å²) in [6, 6.07) is 13.8. The molecule has 0 amide bonds. The average Bonchev–Trinajstić information content (AvgIpc) is 2.82. The molecule has 3 rings (SSSR count). The Bertz CT molecular complexity index is 751. The van der Waals surface area contributed by atoms with Gasteiger partial charge in [0.15, 0.2) is 0 Å². The second kappa shape index (κ2) is 5.07. The Morgan fingerprint density at radius 3 is 2.75 bits per heavy atom. The highest BCUT2D eigenvalue weighted by Crippen LogP contribution is 2.28. The fraction of sp³-hybridized carbons (Fsp3) is 0.125. The molecule has 20 heavy (non-hydrogen) atoms. The third-order valence-corrected chi connectivity index (χ3v) is 3.32. The van der Waals surface area contributed by atoms with E-state index in [4.69, 9.17) is 10.3 Å². The molecule has 102 valence electrons. The van der Waals surface area contributed by atoms with Gasteiger partial charge < -0.3 is 4.42 Å². The maximum absolute atomic E-state index is 13.3. The van der Waals surface area contributed by atoms with Crippen LogP contribution in [-0.4, -0.2) is 0 Å². The largest absolute Gasteiger partial charge is 0.459 e. The molecule has 0 saturated heterocycles. The summed E-state index contributed by atoms with van der Waals surface area (Å²) in [5.41, 5.74) is 5.36. The van der Waals surface area contributed by atoms with Crippen LogP contribution in [0.15, 0.2) is 52.9 Å². The van der Waals surface area contributed by atoms with Gasteiger partial charge in [-0.3, -0.25) is 5.84 Å². The van der Waals surface area contributed by atoms with Crippen molar-refractivity contribution in [2.24, 2.45) is 5.84 Å². The van der Waals surface area contributed by atoms with Gasteiger partial charge in [-0.25, -0.2) is 9.82 Å². The molecule has 3 aromatic rings. The molecule has 0 fully saturated rings. The molecule has 0 saturated carbocycles. The van der Waals surface area contributed by atoms with E-state index in [1.165, 1.54) is 12.1 Å². The number of nitrogens with one attached hydrogen (secondary N) is 1. The van der Waals surface area contributed by atoms with Crippen LogP contribution >= 0.6 is 0 Å². The maximum Gasteiger partial charge on any atom is 0.134 e. The Hall–Kier alpha value is -2.17. The highest BCUT2D eigenvalue weighted by molar-refractivity contribution is 5.78. The van der Waals surface area contributed by atoms with Gasteiger partial charge in [-0.2, -0.15) is 0 Å². The topological polar surface area (TPSA) is 51.2 Å². The third kappa shape index (κ3) is 2.31. The molecule has 1 unspecified atom stereocenters. The number of hydrogen-bond acceptors (Lipinski definition) is 3. The Morgan fingerprint density at radius 2 is 2.00 bits per heavy atom. The van der Waals surface area contributed by atoms with Crippen molar-refractivity contribution in [2.75, 3.05) is 0 Å². The van der Waals surface area contributed by atoms with Crippen LogP contribution in [0.5, 0.6) is 0 Å². The quantitative estimate of drug-likeness (QED) is 0.566. The fourth-order valence-electron chi connectivity index (χ4n) is 2.35. The van der Waals surface area contributed by atoms with E-state index in [0.29, 0.717) is 5.76 Å². The van der Waals surface area contributed by atoms with Crippen molar-refractivity contribution in [3.8, 4) is 0 Å². The molecule has 4 heteroatoms. The highest BCUT2D eigenvalue weighted by atomic mass is 19.1. The maximum atomic E-state index is 13.3. The van der Waals surface area contributed by atoms with E-state index in [1.54, 1.807) is 6.07 Å². The fourth-order valence-corrected chi connectivity index (χ4v) is 2.35. The number of fused-ring (bicyclic) bond motifs is 1. The first kappa shape index (κ1) is 12.8. The summed E-state index contributed by atoms with van der Waals surface area (Å²) in [4.78, 5) is 0. The summed E-state index contributed by atoms with van der Waals surface area (Å²) in [7, 11) is 0. The summed E-state index contributed by atoms with van der Waals surface area (Å²) in [6.45, 7) is 2.03. The molecule has 0 aliphatic carbocycles. The number of hydrogen-bond donors (Lipinski definition) is 2. The second-order valence-corrected chi connectivity index (χ2v) is 4.84. The first-order chi connectivity index (χ1) is 9.67. The number of benzene rings is 2. The van der Waals surface area contributed by atoms with Gasteiger partial charge in [0.05, 0.1) is 0 Å². The van der Waals surface area contributed by atoms with Crippen molar-refractivity contribution in [3.05, 3.63) is 71.2 Å². The molecular formula is C16H15FN2O. The molecule has 0 aliphatic rings. The molecule has 0 radical (unpaired) electrons. The SMILES string of the molecule is Cc1ccc2oc(C(NN)c3cccc(F)c3)cc2c1. The molecule has 0 spiro atoms. The van der Waals surface area contributed by atoms with E-state index in [9.17, 15) is 4.39 Å². The molecule has 1 aromatic heterocycles. The van der Waals surface area contributed by atoms with Gasteiger partial charge in [-0.15, -0.1) is 0 Å². The van der Waals surface area contributed by atoms with Gasteiger partial charge in [-0.1, -0.05) is 23.8 Å². The zero-order chi connectivity index (χ0) is 14.1. The van der Waals surface area contributed by atoms with Crippen molar-refractivity contribution >= 4 is 11.0 Å². The molecule has 0 aliphatic heterocycles. The number of nitrogens with two attached hydrogens (primary N) is 1. The highest BCUT2D eigenvalue weighted by Gasteiger charge is 2.17. The number of aryl methyl sites for hydroxylation is 1. The van der Waals surface area contributed by atoms with Gasteiger partial charge in [0, 0.05) is 5.39 Å². The lowest BCUT2D eigenvalue weighted by molar-refractivity contribution is 0.475. The molecule has 2 aromatic carbocycles. The molecule has 0 bridgehead atoms. The van der Waals surface area contributed by atoms with Gasteiger partial charge >= 0.3 is 0 Å². The van der Waals surface area contributed by atoms with E-state index < -0.39 is 0 Å². The van der Waals surface area contributed by atoms with Crippen LogP contribution in [0.1, 0.15) is 22.9 Å². The van der Waals surface area contributed by atoms with E-state index in [2.05, 4.69) is 5.43 Å². The minimum absolute atomic E-state index is 0.297. The number of rotatable bonds is 3. The van der Waals surface area contributed by atoms with E-state index in [0.717, 1.165) is 22.1 Å². The number of halogens is 1. The lowest BCUT2D eigenvalue weighted by Gasteiger charge is -2.13. The van der Waals surface area contributed by atoms with Crippen molar-refractivity contribution in [2.45, 2.75) is 13.0 Å². The van der Waals surface area contributed by atoms with Gasteiger partial charge in [0.25, 0.3) is 0 Å². The minimum Gasteiger partial charge on any atom is -0.459 e.